The lowest BCUT2D eigenvalue weighted by Gasteiger charge is -2.17. The first kappa shape index (κ1) is 14.2. The second kappa shape index (κ2) is 7.46. The van der Waals surface area contributed by atoms with Gasteiger partial charge >= 0.3 is 0 Å². The van der Waals surface area contributed by atoms with Crippen molar-refractivity contribution in [3.8, 4) is 0 Å². The zero-order valence-corrected chi connectivity index (χ0v) is 11.7. The minimum atomic E-state index is 1.04. The summed E-state index contributed by atoms with van der Waals surface area (Å²) in [7, 11) is 2.19. The van der Waals surface area contributed by atoms with Gasteiger partial charge in [-0.05, 0) is 39.4 Å². The molecule has 1 rings (SSSR count). The van der Waals surface area contributed by atoms with Crippen LogP contribution in [0, 0.1) is 13.8 Å². The molecule has 0 spiro atoms. The predicted octanol–water partition coefficient (Wildman–Crippen LogP) is 2.73. The molecule has 0 aliphatic rings. The summed E-state index contributed by atoms with van der Waals surface area (Å²) in [5.74, 6) is 0. The lowest BCUT2D eigenvalue weighted by molar-refractivity contribution is 0.324. The third kappa shape index (κ3) is 5.85. The number of rotatable bonds is 7. The van der Waals surface area contributed by atoms with Crippen LogP contribution < -0.4 is 5.32 Å². The standard InChI is InChI=1S/C15H26N2/c1-5-6-16-7-8-17(4)12-15-10-13(2)9-14(3)11-15/h9-11,16H,5-8,12H2,1-4H3. The van der Waals surface area contributed by atoms with Crippen molar-refractivity contribution in [1.29, 1.82) is 0 Å². The van der Waals surface area contributed by atoms with Gasteiger partial charge in [0, 0.05) is 19.6 Å². The molecule has 0 aromatic heterocycles. The van der Waals surface area contributed by atoms with Crippen molar-refractivity contribution in [2.45, 2.75) is 33.7 Å². The molecule has 2 nitrogen and oxygen atoms in total. The number of likely N-dealkylation sites (N-methyl/N-ethyl adjacent to an activating group) is 1. The molecular formula is C15H26N2. The third-order valence-corrected chi connectivity index (χ3v) is 2.83. The minimum Gasteiger partial charge on any atom is -0.315 e. The van der Waals surface area contributed by atoms with Gasteiger partial charge in [-0.2, -0.15) is 0 Å². The SMILES string of the molecule is CCCNCCN(C)Cc1cc(C)cc(C)c1. The van der Waals surface area contributed by atoms with Crippen molar-refractivity contribution in [2.24, 2.45) is 0 Å². The van der Waals surface area contributed by atoms with Gasteiger partial charge in [0.2, 0.25) is 0 Å². The van der Waals surface area contributed by atoms with Crippen LogP contribution in [-0.4, -0.2) is 31.6 Å². The number of hydrogen-bond donors (Lipinski definition) is 1. The van der Waals surface area contributed by atoms with Crippen molar-refractivity contribution in [3.63, 3.8) is 0 Å². The van der Waals surface area contributed by atoms with Crippen LogP contribution in [0.25, 0.3) is 0 Å². The fraction of sp³-hybridized carbons (Fsp3) is 0.600. The van der Waals surface area contributed by atoms with Gasteiger partial charge in [-0.1, -0.05) is 36.2 Å². The van der Waals surface area contributed by atoms with Crippen LogP contribution in [-0.2, 0) is 6.54 Å². The van der Waals surface area contributed by atoms with Crippen molar-refractivity contribution >= 4 is 0 Å². The first-order chi connectivity index (χ1) is 8.11. The van der Waals surface area contributed by atoms with E-state index in [4.69, 9.17) is 0 Å². The number of benzene rings is 1. The molecule has 1 N–H and O–H groups in total. The summed E-state index contributed by atoms with van der Waals surface area (Å²) in [6.07, 6.45) is 1.21. The number of hydrogen-bond acceptors (Lipinski definition) is 2. The monoisotopic (exact) mass is 234 g/mol. The van der Waals surface area contributed by atoms with E-state index in [0.717, 1.165) is 26.2 Å². The van der Waals surface area contributed by atoms with E-state index in [9.17, 15) is 0 Å². The van der Waals surface area contributed by atoms with Crippen LogP contribution in [0.4, 0.5) is 0 Å². The lowest BCUT2D eigenvalue weighted by atomic mass is 10.1. The second-order valence-electron chi connectivity index (χ2n) is 4.98. The molecule has 0 fully saturated rings. The van der Waals surface area contributed by atoms with Crippen LogP contribution >= 0.6 is 0 Å². The van der Waals surface area contributed by atoms with Gasteiger partial charge in [0.15, 0.2) is 0 Å². The van der Waals surface area contributed by atoms with Crippen LogP contribution in [0.15, 0.2) is 18.2 Å². The molecule has 0 amide bonds. The Hall–Kier alpha value is -0.860. The van der Waals surface area contributed by atoms with Crippen LogP contribution in [0.3, 0.4) is 0 Å². The summed E-state index contributed by atoms with van der Waals surface area (Å²) in [4.78, 5) is 2.37. The largest absolute Gasteiger partial charge is 0.315 e. The first-order valence-corrected chi connectivity index (χ1v) is 6.58. The second-order valence-corrected chi connectivity index (χ2v) is 4.98. The highest BCUT2D eigenvalue weighted by Crippen LogP contribution is 2.10. The normalized spacial score (nSPS) is 11.1. The molecule has 0 heterocycles. The highest BCUT2D eigenvalue weighted by Gasteiger charge is 2.01. The highest BCUT2D eigenvalue weighted by molar-refractivity contribution is 5.28. The van der Waals surface area contributed by atoms with Gasteiger partial charge in [0.25, 0.3) is 0 Å². The average Bonchev–Trinajstić information content (AvgIpc) is 2.23. The summed E-state index contributed by atoms with van der Waals surface area (Å²) >= 11 is 0. The smallest absolute Gasteiger partial charge is 0.0231 e. The molecule has 0 atom stereocenters. The predicted molar refractivity (Wildman–Crippen MR) is 75.4 cm³/mol. The molecule has 2 heteroatoms. The van der Waals surface area contributed by atoms with Crippen LogP contribution in [0.1, 0.15) is 30.0 Å². The number of aryl methyl sites for hydroxylation is 2. The average molecular weight is 234 g/mol. The molecule has 96 valence electrons. The first-order valence-electron chi connectivity index (χ1n) is 6.58. The Bertz CT molecular complexity index is 313. The van der Waals surface area contributed by atoms with Crippen molar-refractivity contribution in [3.05, 3.63) is 34.9 Å². The summed E-state index contributed by atoms with van der Waals surface area (Å²) < 4.78 is 0. The maximum atomic E-state index is 3.43. The van der Waals surface area contributed by atoms with Gasteiger partial charge in [0.05, 0.1) is 0 Å². The van der Waals surface area contributed by atoms with Gasteiger partial charge in [-0.25, -0.2) is 0 Å². The van der Waals surface area contributed by atoms with E-state index in [0.29, 0.717) is 0 Å². The quantitative estimate of drug-likeness (QED) is 0.730. The zero-order valence-electron chi connectivity index (χ0n) is 11.7. The van der Waals surface area contributed by atoms with E-state index in [1.165, 1.54) is 23.1 Å². The lowest BCUT2D eigenvalue weighted by Crippen LogP contribution is -2.29. The van der Waals surface area contributed by atoms with E-state index >= 15 is 0 Å². The maximum Gasteiger partial charge on any atom is 0.0231 e. The number of nitrogens with one attached hydrogen (secondary N) is 1. The molecular weight excluding hydrogens is 208 g/mol. The van der Waals surface area contributed by atoms with Gasteiger partial charge in [-0.15, -0.1) is 0 Å². The van der Waals surface area contributed by atoms with Gasteiger partial charge < -0.3 is 10.2 Å². The van der Waals surface area contributed by atoms with Crippen molar-refractivity contribution < 1.29 is 0 Å². The molecule has 0 unspecified atom stereocenters. The Morgan fingerprint density at radius 2 is 1.71 bits per heavy atom. The molecule has 1 aromatic rings. The fourth-order valence-electron chi connectivity index (χ4n) is 2.12. The molecule has 0 radical (unpaired) electrons. The zero-order chi connectivity index (χ0) is 12.7. The van der Waals surface area contributed by atoms with E-state index in [2.05, 4.69) is 56.2 Å². The Balaban J connectivity index is 2.36. The van der Waals surface area contributed by atoms with Crippen molar-refractivity contribution in [1.82, 2.24) is 10.2 Å². The molecule has 0 saturated carbocycles. The van der Waals surface area contributed by atoms with E-state index in [1.807, 2.05) is 0 Å². The summed E-state index contributed by atoms with van der Waals surface area (Å²) in [6.45, 7) is 10.9. The molecule has 0 bridgehead atoms. The topological polar surface area (TPSA) is 15.3 Å². The van der Waals surface area contributed by atoms with Crippen LogP contribution in [0.2, 0.25) is 0 Å². The van der Waals surface area contributed by atoms with E-state index in [-0.39, 0.29) is 0 Å². The number of nitrogens with zero attached hydrogens (tertiary/aromatic N) is 1. The Labute approximate surface area is 106 Å². The van der Waals surface area contributed by atoms with E-state index in [1.54, 1.807) is 0 Å². The summed E-state index contributed by atoms with van der Waals surface area (Å²) in [5, 5.41) is 3.43. The molecule has 0 aliphatic carbocycles. The fourth-order valence-corrected chi connectivity index (χ4v) is 2.12. The van der Waals surface area contributed by atoms with Gasteiger partial charge in [0.1, 0.15) is 0 Å². The Morgan fingerprint density at radius 3 is 2.29 bits per heavy atom. The Kier molecular flexibility index (Phi) is 6.23. The minimum absolute atomic E-state index is 1.04. The third-order valence-electron chi connectivity index (χ3n) is 2.83. The molecule has 17 heavy (non-hydrogen) atoms. The van der Waals surface area contributed by atoms with Crippen LogP contribution in [0.5, 0.6) is 0 Å². The maximum absolute atomic E-state index is 3.43. The molecule has 1 aromatic carbocycles. The van der Waals surface area contributed by atoms with E-state index < -0.39 is 0 Å². The summed E-state index contributed by atoms with van der Waals surface area (Å²) in [6, 6.07) is 6.79. The highest BCUT2D eigenvalue weighted by atomic mass is 15.1. The molecule has 0 aliphatic heterocycles. The van der Waals surface area contributed by atoms with Crippen molar-refractivity contribution in [2.75, 3.05) is 26.7 Å². The Morgan fingerprint density at radius 1 is 1.06 bits per heavy atom. The molecule has 0 saturated heterocycles. The summed E-state index contributed by atoms with van der Waals surface area (Å²) in [5.41, 5.74) is 4.13. The van der Waals surface area contributed by atoms with Gasteiger partial charge in [-0.3, -0.25) is 0 Å².